The maximum atomic E-state index is 11.3. The van der Waals surface area contributed by atoms with Crippen molar-refractivity contribution in [2.45, 2.75) is 32.1 Å². The second-order valence-corrected chi connectivity index (χ2v) is 3.46. The second kappa shape index (κ2) is 2.19. The van der Waals surface area contributed by atoms with Crippen LogP contribution in [0.4, 0.5) is 0 Å². The van der Waals surface area contributed by atoms with Crippen molar-refractivity contribution in [3.8, 4) is 0 Å². The van der Waals surface area contributed by atoms with Gasteiger partial charge in [-0.05, 0) is 26.7 Å². The Morgan fingerprint density at radius 3 is 2.67 bits per heavy atom. The van der Waals surface area contributed by atoms with Gasteiger partial charge in [-0.15, -0.1) is 0 Å². The molecule has 1 fully saturated rings. The molecule has 1 aromatic rings. The normalized spacial score (nSPS) is 19.2. The van der Waals surface area contributed by atoms with Gasteiger partial charge < -0.3 is 4.52 Å². The highest BCUT2D eigenvalue weighted by molar-refractivity contribution is 5.90. The van der Waals surface area contributed by atoms with Crippen LogP contribution in [0.3, 0.4) is 0 Å². The molecule has 12 heavy (non-hydrogen) atoms. The highest BCUT2D eigenvalue weighted by atomic mass is 16.5. The molecule has 64 valence electrons. The first-order valence-corrected chi connectivity index (χ1v) is 4.10. The molecule has 0 amide bonds. The lowest BCUT2D eigenvalue weighted by Crippen LogP contribution is -2.16. The fourth-order valence-corrected chi connectivity index (χ4v) is 1.51. The van der Waals surface area contributed by atoms with Gasteiger partial charge in [0.1, 0.15) is 11.5 Å². The van der Waals surface area contributed by atoms with Gasteiger partial charge in [-0.2, -0.15) is 0 Å². The maximum Gasteiger partial charge on any atom is 0.142 e. The summed E-state index contributed by atoms with van der Waals surface area (Å²) in [4.78, 5) is 11.3. The number of aryl methyl sites for hydroxylation is 1. The topological polar surface area (TPSA) is 43.1 Å². The van der Waals surface area contributed by atoms with Crippen LogP contribution in [0.25, 0.3) is 0 Å². The Hall–Kier alpha value is -1.12. The fourth-order valence-electron chi connectivity index (χ4n) is 1.51. The summed E-state index contributed by atoms with van der Waals surface area (Å²) < 4.78 is 4.94. The Kier molecular flexibility index (Phi) is 1.37. The lowest BCUT2D eigenvalue weighted by molar-refractivity contribution is -0.119. The van der Waals surface area contributed by atoms with E-state index in [1.54, 1.807) is 6.92 Å². The van der Waals surface area contributed by atoms with E-state index in [0.717, 1.165) is 24.3 Å². The van der Waals surface area contributed by atoms with Gasteiger partial charge in [-0.25, -0.2) is 0 Å². The van der Waals surface area contributed by atoms with Gasteiger partial charge in [0, 0.05) is 6.07 Å². The molecule has 0 atom stereocenters. The molecule has 3 heteroatoms. The lowest BCUT2D eigenvalue weighted by Gasteiger charge is -2.04. The number of carbonyl (C=O) groups excluding carboxylic acids is 1. The predicted molar refractivity (Wildman–Crippen MR) is 42.8 cm³/mol. The Morgan fingerprint density at radius 1 is 1.67 bits per heavy atom. The zero-order chi connectivity index (χ0) is 8.77. The van der Waals surface area contributed by atoms with Gasteiger partial charge >= 0.3 is 0 Å². The van der Waals surface area contributed by atoms with Gasteiger partial charge in [-0.3, -0.25) is 4.79 Å². The largest absolute Gasteiger partial charge is 0.361 e. The van der Waals surface area contributed by atoms with Crippen LogP contribution in [0.5, 0.6) is 0 Å². The number of ketones is 1. The highest BCUT2D eigenvalue weighted by Crippen LogP contribution is 2.48. The summed E-state index contributed by atoms with van der Waals surface area (Å²) >= 11 is 0. The van der Waals surface area contributed by atoms with E-state index in [4.69, 9.17) is 4.52 Å². The molecule has 0 spiro atoms. The third-order valence-electron chi connectivity index (χ3n) is 2.54. The van der Waals surface area contributed by atoms with Crippen LogP contribution >= 0.6 is 0 Å². The Bertz CT molecular complexity index is 323. The zero-order valence-corrected chi connectivity index (χ0v) is 7.26. The SMILES string of the molecule is CC(=O)C1(c2cc(C)on2)CC1. The van der Waals surface area contributed by atoms with Crippen molar-refractivity contribution in [3.63, 3.8) is 0 Å². The molecule has 0 bridgehead atoms. The number of Topliss-reactive ketones (excluding diaryl/α,β-unsaturated/α-hetero) is 1. The van der Waals surface area contributed by atoms with Crippen LogP contribution in [-0.2, 0) is 10.2 Å². The number of carbonyl (C=O) groups is 1. The van der Waals surface area contributed by atoms with E-state index in [0.29, 0.717) is 0 Å². The van der Waals surface area contributed by atoms with E-state index >= 15 is 0 Å². The fraction of sp³-hybridized carbons (Fsp3) is 0.556. The molecule has 1 aliphatic carbocycles. The summed E-state index contributed by atoms with van der Waals surface area (Å²) in [5, 5.41) is 3.88. The molecule has 0 saturated heterocycles. The van der Waals surface area contributed by atoms with E-state index in [1.165, 1.54) is 0 Å². The lowest BCUT2D eigenvalue weighted by atomic mass is 9.98. The van der Waals surface area contributed by atoms with E-state index in [2.05, 4.69) is 5.16 Å². The molecule has 1 saturated carbocycles. The van der Waals surface area contributed by atoms with Crippen molar-refractivity contribution in [2.24, 2.45) is 0 Å². The average molecular weight is 165 g/mol. The van der Waals surface area contributed by atoms with Crippen molar-refractivity contribution in [1.29, 1.82) is 0 Å². The molecule has 1 heterocycles. The van der Waals surface area contributed by atoms with Crippen LogP contribution in [-0.4, -0.2) is 10.9 Å². The minimum Gasteiger partial charge on any atom is -0.361 e. The molecule has 3 nitrogen and oxygen atoms in total. The number of aromatic nitrogens is 1. The van der Waals surface area contributed by atoms with E-state index < -0.39 is 0 Å². The van der Waals surface area contributed by atoms with Crippen LogP contribution in [0, 0.1) is 6.92 Å². The van der Waals surface area contributed by atoms with Gasteiger partial charge in [0.15, 0.2) is 0 Å². The third kappa shape index (κ3) is 0.891. The first-order chi connectivity index (χ1) is 5.65. The number of hydrogen-bond acceptors (Lipinski definition) is 3. The number of rotatable bonds is 2. The van der Waals surface area contributed by atoms with Crippen LogP contribution in [0.2, 0.25) is 0 Å². The Morgan fingerprint density at radius 2 is 2.33 bits per heavy atom. The van der Waals surface area contributed by atoms with Crippen molar-refractivity contribution in [3.05, 3.63) is 17.5 Å². The van der Waals surface area contributed by atoms with Crippen LogP contribution in [0.15, 0.2) is 10.6 Å². The van der Waals surface area contributed by atoms with Crippen molar-refractivity contribution < 1.29 is 9.32 Å². The number of nitrogens with zero attached hydrogens (tertiary/aromatic N) is 1. The minimum absolute atomic E-state index is 0.204. The molecule has 1 aliphatic rings. The van der Waals surface area contributed by atoms with Gasteiger partial charge in [-0.1, -0.05) is 5.16 Å². The molecular formula is C9H11NO2. The molecule has 2 rings (SSSR count). The van der Waals surface area contributed by atoms with Crippen LogP contribution in [0.1, 0.15) is 31.2 Å². The van der Waals surface area contributed by atoms with E-state index in [9.17, 15) is 4.79 Å². The molecule has 0 radical (unpaired) electrons. The van der Waals surface area contributed by atoms with Gasteiger partial charge in [0.2, 0.25) is 0 Å². The Balaban J connectivity index is 2.36. The first-order valence-electron chi connectivity index (χ1n) is 4.10. The highest BCUT2D eigenvalue weighted by Gasteiger charge is 2.51. The smallest absolute Gasteiger partial charge is 0.142 e. The number of hydrogen-bond donors (Lipinski definition) is 0. The summed E-state index contributed by atoms with van der Waals surface area (Å²) in [5.41, 5.74) is 0.533. The summed E-state index contributed by atoms with van der Waals surface area (Å²) in [5.74, 6) is 0.980. The average Bonchev–Trinajstić information content (AvgIpc) is 2.71. The van der Waals surface area contributed by atoms with E-state index in [1.807, 2.05) is 13.0 Å². The van der Waals surface area contributed by atoms with E-state index in [-0.39, 0.29) is 11.2 Å². The molecule has 0 aromatic carbocycles. The minimum atomic E-state index is -0.280. The summed E-state index contributed by atoms with van der Waals surface area (Å²) in [6.07, 6.45) is 1.85. The van der Waals surface area contributed by atoms with Gasteiger partial charge in [0.25, 0.3) is 0 Å². The molecule has 0 unspecified atom stereocenters. The summed E-state index contributed by atoms with van der Waals surface area (Å²) in [6, 6.07) is 1.86. The Labute approximate surface area is 70.7 Å². The maximum absolute atomic E-state index is 11.3. The molecule has 0 aliphatic heterocycles. The molecule has 0 N–H and O–H groups in total. The third-order valence-corrected chi connectivity index (χ3v) is 2.54. The van der Waals surface area contributed by atoms with Crippen molar-refractivity contribution in [1.82, 2.24) is 5.16 Å². The quantitative estimate of drug-likeness (QED) is 0.668. The van der Waals surface area contributed by atoms with Crippen molar-refractivity contribution >= 4 is 5.78 Å². The van der Waals surface area contributed by atoms with Crippen molar-refractivity contribution in [2.75, 3.05) is 0 Å². The van der Waals surface area contributed by atoms with Crippen LogP contribution < -0.4 is 0 Å². The molecular weight excluding hydrogens is 154 g/mol. The summed E-state index contributed by atoms with van der Waals surface area (Å²) in [7, 11) is 0. The standard InChI is InChI=1S/C9H11NO2/c1-6-5-8(10-12-6)9(3-4-9)7(2)11/h5H,3-4H2,1-2H3. The monoisotopic (exact) mass is 165 g/mol. The molecule has 1 aromatic heterocycles. The first kappa shape index (κ1) is 7.53. The second-order valence-electron chi connectivity index (χ2n) is 3.46. The predicted octanol–water partition coefficient (Wildman–Crippen LogP) is 1.60. The zero-order valence-electron chi connectivity index (χ0n) is 7.26. The van der Waals surface area contributed by atoms with Gasteiger partial charge in [0.05, 0.1) is 11.1 Å². The summed E-state index contributed by atoms with van der Waals surface area (Å²) in [6.45, 7) is 3.46.